The molecule has 0 fully saturated rings. The second-order valence-corrected chi connectivity index (χ2v) is 4.63. The fourth-order valence-corrected chi connectivity index (χ4v) is 1.79. The van der Waals surface area contributed by atoms with Crippen LogP contribution in [0.25, 0.3) is 17.3 Å². The van der Waals surface area contributed by atoms with Gasteiger partial charge >= 0.3 is 0 Å². The number of benzene rings is 1. The van der Waals surface area contributed by atoms with Crippen molar-refractivity contribution in [2.45, 2.75) is 20.8 Å². The van der Waals surface area contributed by atoms with Gasteiger partial charge in [0.05, 0.1) is 11.9 Å². The van der Waals surface area contributed by atoms with Gasteiger partial charge in [0, 0.05) is 5.56 Å². The first-order valence-electron chi connectivity index (χ1n) is 6.02. The number of H-pyrrole nitrogens is 1. The van der Waals surface area contributed by atoms with Crippen LogP contribution >= 0.6 is 0 Å². The summed E-state index contributed by atoms with van der Waals surface area (Å²) in [6.07, 6.45) is 6.00. The SMILES string of the molecule is C=C(C)/C=C\c1cc(-c2cnc(C)[nH]2)ccc1C. The van der Waals surface area contributed by atoms with Gasteiger partial charge in [0.1, 0.15) is 5.82 Å². The van der Waals surface area contributed by atoms with E-state index in [1.54, 1.807) is 0 Å². The standard InChI is InChI=1S/C16H18N2/c1-11(2)5-7-14-9-15(8-6-12(14)3)16-10-17-13(4)18-16/h5-10H,1H2,2-4H3,(H,17,18)/b7-5-. The van der Waals surface area contributed by atoms with Crippen LogP contribution in [0.2, 0.25) is 0 Å². The summed E-state index contributed by atoms with van der Waals surface area (Å²) in [5.41, 5.74) is 5.73. The highest BCUT2D eigenvalue weighted by molar-refractivity contribution is 5.66. The Morgan fingerprint density at radius 3 is 2.72 bits per heavy atom. The molecule has 0 aliphatic carbocycles. The van der Waals surface area contributed by atoms with Crippen molar-refractivity contribution in [3.05, 3.63) is 59.6 Å². The molecule has 1 aromatic carbocycles. The highest BCUT2D eigenvalue weighted by Gasteiger charge is 2.03. The largest absolute Gasteiger partial charge is 0.342 e. The molecule has 0 saturated heterocycles. The number of allylic oxidation sites excluding steroid dienone is 2. The number of imidazole rings is 1. The molecular formula is C16H18N2. The number of aromatic nitrogens is 2. The maximum Gasteiger partial charge on any atom is 0.103 e. The highest BCUT2D eigenvalue weighted by atomic mass is 14.9. The first kappa shape index (κ1) is 12.4. The van der Waals surface area contributed by atoms with Crippen molar-refractivity contribution in [1.82, 2.24) is 9.97 Å². The molecule has 1 N–H and O–H groups in total. The maximum atomic E-state index is 4.23. The molecule has 0 aliphatic heterocycles. The van der Waals surface area contributed by atoms with Crippen molar-refractivity contribution in [3.8, 4) is 11.3 Å². The molecule has 0 unspecified atom stereocenters. The number of aryl methyl sites for hydroxylation is 2. The first-order valence-corrected chi connectivity index (χ1v) is 6.02. The summed E-state index contributed by atoms with van der Waals surface area (Å²) < 4.78 is 0. The van der Waals surface area contributed by atoms with Crippen molar-refractivity contribution < 1.29 is 0 Å². The molecule has 2 aromatic rings. The van der Waals surface area contributed by atoms with E-state index < -0.39 is 0 Å². The maximum absolute atomic E-state index is 4.23. The minimum atomic E-state index is 0.935. The summed E-state index contributed by atoms with van der Waals surface area (Å²) in [6, 6.07) is 6.41. The van der Waals surface area contributed by atoms with Crippen LogP contribution in [-0.4, -0.2) is 9.97 Å². The molecule has 0 saturated carbocycles. The van der Waals surface area contributed by atoms with Crippen LogP contribution in [0.4, 0.5) is 0 Å². The molecule has 2 nitrogen and oxygen atoms in total. The molecule has 0 radical (unpaired) electrons. The van der Waals surface area contributed by atoms with E-state index in [2.05, 4.69) is 47.7 Å². The molecule has 1 aromatic heterocycles. The minimum Gasteiger partial charge on any atom is -0.342 e. The molecule has 0 spiro atoms. The Labute approximate surface area is 108 Å². The summed E-state index contributed by atoms with van der Waals surface area (Å²) >= 11 is 0. The van der Waals surface area contributed by atoms with Crippen molar-refractivity contribution >= 4 is 6.08 Å². The number of rotatable bonds is 3. The Hall–Kier alpha value is -2.09. The molecular weight excluding hydrogens is 220 g/mol. The lowest BCUT2D eigenvalue weighted by molar-refractivity contribution is 1.15. The Morgan fingerprint density at radius 2 is 2.11 bits per heavy atom. The first-order chi connectivity index (χ1) is 8.56. The van der Waals surface area contributed by atoms with E-state index in [1.807, 2.05) is 26.1 Å². The molecule has 0 atom stereocenters. The quantitative estimate of drug-likeness (QED) is 0.794. The highest BCUT2D eigenvalue weighted by Crippen LogP contribution is 2.22. The smallest absolute Gasteiger partial charge is 0.103 e. The molecule has 0 bridgehead atoms. The number of nitrogens with one attached hydrogen (secondary N) is 1. The fraction of sp³-hybridized carbons (Fsp3) is 0.188. The third kappa shape index (κ3) is 2.77. The molecule has 2 rings (SSSR count). The monoisotopic (exact) mass is 238 g/mol. The van der Waals surface area contributed by atoms with Gasteiger partial charge < -0.3 is 4.98 Å². The summed E-state index contributed by atoms with van der Waals surface area (Å²) in [5, 5.41) is 0. The lowest BCUT2D eigenvalue weighted by atomic mass is 10.0. The topological polar surface area (TPSA) is 28.7 Å². The van der Waals surface area contributed by atoms with Gasteiger partial charge in [-0.1, -0.05) is 36.4 Å². The van der Waals surface area contributed by atoms with Crippen LogP contribution in [0.5, 0.6) is 0 Å². The summed E-state index contributed by atoms with van der Waals surface area (Å²) in [4.78, 5) is 7.48. The molecule has 92 valence electrons. The van der Waals surface area contributed by atoms with Crippen LogP contribution in [0.15, 0.2) is 42.6 Å². The third-order valence-corrected chi connectivity index (χ3v) is 2.84. The van der Waals surface area contributed by atoms with E-state index in [0.29, 0.717) is 0 Å². The fourth-order valence-electron chi connectivity index (χ4n) is 1.79. The van der Waals surface area contributed by atoms with Gasteiger partial charge in [-0.25, -0.2) is 4.98 Å². The van der Waals surface area contributed by atoms with Crippen LogP contribution in [-0.2, 0) is 0 Å². The lowest BCUT2D eigenvalue weighted by Gasteiger charge is -2.04. The lowest BCUT2D eigenvalue weighted by Crippen LogP contribution is -1.84. The molecule has 1 heterocycles. The van der Waals surface area contributed by atoms with E-state index in [4.69, 9.17) is 0 Å². The van der Waals surface area contributed by atoms with Crippen LogP contribution in [0.1, 0.15) is 23.9 Å². The van der Waals surface area contributed by atoms with E-state index in [9.17, 15) is 0 Å². The number of hydrogen-bond acceptors (Lipinski definition) is 1. The Bertz CT molecular complexity index is 603. The van der Waals surface area contributed by atoms with Crippen molar-refractivity contribution in [3.63, 3.8) is 0 Å². The number of aromatic amines is 1. The van der Waals surface area contributed by atoms with Gasteiger partial charge in [-0.2, -0.15) is 0 Å². The zero-order valence-electron chi connectivity index (χ0n) is 11.1. The minimum absolute atomic E-state index is 0.935. The molecule has 0 amide bonds. The predicted molar refractivity (Wildman–Crippen MR) is 77.3 cm³/mol. The summed E-state index contributed by atoms with van der Waals surface area (Å²) in [6.45, 7) is 9.94. The molecule has 18 heavy (non-hydrogen) atoms. The second kappa shape index (κ2) is 5.05. The van der Waals surface area contributed by atoms with E-state index in [-0.39, 0.29) is 0 Å². The van der Waals surface area contributed by atoms with Gasteiger partial charge in [0.15, 0.2) is 0 Å². The van der Waals surface area contributed by atoms with Gasteiger partial charge in [-0.3, -0.25) is 0 Å². The number of hydrogen-bond donors (Lipinski definition) is 1. The normalized spacial score (nSPS) is 11.1. The average Bonchev–Trinajstić information content (AvgIpc) is 2.74. The second-order valence-electron chi connectivity index (χ2n) is 4.63. The van der Waals surface area contributed by atoms with Gasteiger partial charge in [-0.05, 0) is 38.0 Å². The zero-order chi connectivity index (χ0) is 13.1. The average molecular weight is 238 g/mol. The zero-order valence-corrected chi connectivity index (χ0v) is 11.1. The van der Waals surface area contributed by atoms with Crippen LogP contribution in [0, 0.1) is 13.8 Å². The van der Waals surface area contributed by atoms with Gasteiger partial charge in [-0.15, -0.1) is 0 Å². The third-order valence-electron chi connectivity index (χ3n) is 2.84. The van der Waals surface area contributed by atoms with Gasteiger partial charge in [0.2, 0.25) is 0 Å². The van der Waals surface area contributed by atoms with Crippen LogP contribution < -0.4 is 0 Å². The molecule has 2 heteroatoms. The van der Waals surface area contributed by atoms with Crippen molar-refractivity contribution in [2.75, 3.05) is 0 Å². The summed E-state index contributed by atoms with van der Waals surface area (Å²) in [5.74, 6) is 0.935. The van der Waals surface area contributed by atoms with E-state index >= 15 is 0 Å². The Balaban J connectivity index is 2.40. The van der Waals surface area contributed by atoms with Gasteiger partial charge in [0.25, 0.3) is 0 Å². The Morgan fingerprint density at radius 1 is 1.33 bits per heavy atom. The Kier molecular flexibility index (Phi) is 3.47. The van der Waals surface area contributed by atoms with E-state index in [0.717, 1.165) is 22.7 Å². The van der Waals surface area contributed by atoms with E-state index in [1.165, 1.54) is 11.1 Å². The number of nitrogens with zero attached hydrogens (tertiary/aromatic N) is 1. The predicted octanol–water partition coefficient (Wildman–Crippen LogP) is 4.28. The molecule has 0 aliphatic rings. The summed E-state index contributed by atoms with van der Waals surface area (Å²) in [7, 11) is 0. The van der Waals surface area contributed by atoms with Crippen LogP contribution in [0.3, 0.4) is 0 Å². The van der Waals surface area contributed by atoms with Crippen molar-refractivity contribution in [1.29, 1.82) is 0 Å². The van der Waals surface area contributed by atoms with Crippen molar-refractivity contribution in [2.24, 2.45) is 0 Å².